The molecule has 0 aromatic rings. The third-order valence-corrected chi connectivity index (χ3v) is 6.64. The van der Waals surface area contributed by atoms with Crippen molar-refractivity contribution < 1.29 is 8.42 Å². The second kappa shape index (κ2) is 7.90. The average Bonchev–Trinajstić information content (AvgIpc) is 2.75. The van der Waals surface area contributed by atoms with Crippen molar-refractivity contribution in [2.45, 2.75) is 58.4 Å². The van der Waals surface area contributed by atoms with Crippen LogP contribution in [0.1, 0.15) is 52.4 Å². The van der Waals surface area contributed by atoms with Crippen LogP contribution in [0.25, 0.3) is 0 Å². The molecule has 0 saturated carbocycles. The molecule has 2 saturated heterocycles. The van der Waals surface area contributed by atoms with Crippen LogP contribution in [-0.4, -0.2) is 55.8 Å². The zero-order valence-corrected chi connectivity index (χ0v) is 14.4. The Morgan fingerprint density at radius 1 is 0.952 bits per heavy atom. The Balaban J connectivity index is 1.85. The Morgan fingerprint density at radius 2 is 1.48 bits per heavy atom. The average molecular weight is 317 g/mol. The second-order valence-corrected chi connectivity index (χ2v) is 8.65. The van der Waals surface area contributed by atoms with E-state index in [1.165, 1.54) is 0 Å². The summed E-state index contributed by atoms with van der Waals surface area (Å²) in [6.45, 7) is 8.09. The molecule has 21 heavy (non-hydrogen) atoms. The summed E-state index contributed by atoms with van der Waals surface area (Å²) in [7, 11) is -3.22. The molecule has 0 radical (unpaired) electrons. The summed E-state index contributed by atoms with van der Waals surface area (Å²) in [5, 5.41) is 3.46. The Morgan fingerprint density at radius 3 is 2.00 bits per heavy atom. The molecule has 2 fully saturated rings. The first-order valence-electron chi connectivity index (χ1n) is 8.49. The monoisotopic (exact) mass is 317 g/mol. The smallest absolute Gasteiger partial charge is 0.281 e. The maximum atomic E-state index is 12.7. The molecule has 2 rings (SSSR count). The van der Waals surface area contributed by atoms with E-state index in [4.69, 9.17) is 0 Å². The van der Waals surface area contributed by atoms with Gasteiger partial charge in [0.15, 0.2) is 0 Å². The largest absolute Gasteiger partial charge is 0.314 e. The van der Waals surface area contributed by atoms with Gasteiger partial charge in [-0.2, -0.15) is 17.0 Å². The summed E-state index contributed by atoms with van der Waals surface area (Å²) in [5.74, 6) is 0.614. The van der Waals surface area contributed by atoms with Crippen molar-refractivity contribution >= 4 is 10.2 Å². The fraction of sp³-hybridized carbons (Fsp3) is 1.00. The topological polar surface area (TPSA) is 52.7 Å². The second-order valence-electron chi connectivity index (χ2n) is 6.73. The predicted octanol–water partition coefficient (Wildman–Crippen LogP) is 1.82. The van der Waals surface area contributed by atoms with Crippen molar-refractivity contribution in [3.05, 3.63) is 0 Å². The van der Waals surface area contributed by atoms with E-state index < -0.39 is 10.2 Å². The van der Waals surface area contributed by atoms with Crippen LogP contribution in [0.3, 0.4) is 0 Å². The molecule has 0 spiro atoms. The summed E-state index contributed by atoms with van der Waals surface area (Å²) in [6.07, 6.45) is 6.30. The lowest BCUT2D eigenvalue weighted by Gasteiger charge is -2.35. The van der Waals surface area contributed by atoms with Crippen molar-refractivity contribution in [2.75, 3.05) is 32.7 Å². The van der Waals surface area contributed by atoms with E-state index in [2.05, 4.69) is 19.2 Å². The molecule has 0 aromatic heterocycles. The van der Waals surface area contributed by atoms with Crippen molar-refractivity contribution in [3.63, 3.8) is 0 Å². The minimum atomic E-state index is -3.22. The van der Waals surface area contributed by atoms with Crippen LogP contribution in [0.15, 0.2) is 0 Å². The number of hydrogen-bond donors (Lipinski definition) is 1. The maximum absolute atomic E-state index is 12.7. The molecule has 6 heteroatoms. The Kier molecular flexibility index (Phi) is 6.47. The van der Waals surface area contributed by atoms with Gasteiger partial charge in [0.05, 0.1) is 0 Å². The van der Waals surface area contributed by atoms with Crippen LogP contribution >= 0.6 is 0 Å². The van der Waals surface area contributed by atoms with Gasteiger partial charge in [-0.25, -0.2) is 0 Å². The summed E-state index contributed by atoms with van der Waals surface area (Å²) >= 11 is 0. The van der Waals surface area contributed by atoms with Gasteiger partial charge in [0.25, 0.3) is 10.2 Å². The van der Waals surface area contributed by atoms with Gasteiger partial charge < -0.3 is 5.32 Å². The van der Waals surface area contributed by atoms with Crippen molar-refractivity contribution in [1.29, 1.82) is 0 Å². The number of rotatable bonds is 5. The van der Waals surface area contributed by atoms with Gasteiger partial charge in [0, 0.05) is 32.2 Å². The Bertz CT molecular complexity index is 395. The molecular formula is C15H31N3O2S. The first-order valence-corrected chi connectivity index (χ1v) is 9.88. The molecule has 0 bridgehead atoms. The van der Waals surface area contributed by atoms with E-state index in [1.807, 2.05) is 0 Å². The van der Waals surface area contributed by atoms with Crippen LogP contribution < -0.4 is 5.32 Å². The normalized spacial score (nSPS) is 24.3. The molecule has 0 aromatic carbocycles. The maximum Gasteiger partial charge on any atom is 0.281 e. The first kappa shape index (κ1) is 17.2. The van der Waals surface area contributed by atoms with Gasteiger partial charge in [-0.05, 0) is 38.1 Å². The molecule has 0 aliphatic carbocycles. The fourth-order valence-electron chi connectivity index (χ4n) is 3.18. The number of hydrogen-bond acceptors (Lipinski definition) is 3. The molecule has 2 heterocycles. The highest BCUT2D eigenvalue weighted by Crippen LogP contribution is 2.23. The third-order valence-electron chi connectivity index (χ3n) is 4.61. The minimum absolute atomic E-state index is 0.504. The van der Waals surface area contributed by atoms with Gasteiger partial charge in [-0.3, -0.25) is 0 Å². The zero-order chi connectivity index (χ0) is 15.3. The molecule has 124 valence electrons. The van der Waals surface area contributed by atoms with Crippen molar-refractivity contribution in [1.82, 2.24) is 13.9 Å². The highest BCUT2D eigenvalue weighted by molar-refractivity contribution is 7.86. The lowest BCUT2D eigenvalue weighted by molar-refractivity contribution is 0.247. The molecule has 1 N–H and O–H groups in total. The van der Waals surface area contributed by atoms with Gasteiger partial charge >= 0.3 is 0 Å². The standard InChI is InChI=1S/C15H31N3O2S/c1-14(2)16-13-15-7-11-18(12-8-15)21(19,20)17-9-5-3-4-6-10-17/h14-16H,3-13H2,1-2H3. The summed E-state index contributed by atoms with van der Waals surface area (Å²) in [5.41, 5.74) is 0. The molecule has 2 aliphatic rings. The summed E-state index contributed by atoms with van der Waals surface area (Å²) in [6, 6.07) is 0.504. The predicted molar refractivity (Wildman–Crippen MR) is 86.4 cm³/mol. The van der Waals surface area contributed by atoms with E-state index in [0.29, 0.717) is 38.1 Å². The van der Waals surface area contributed by atoms with Crippen LogP contribution in [0, 0.1) is 5.92 Å². The van der Waals surface area contributed by atoms with Crippen LogP contribution in [0.2, 0.25) is 0 Å². The van der Waals surface area contributed by atoms with Crippen LogP contribution in [0.4, 0.5) is 0 Å². The van der Waals surface area contributed by atoms with E-state index in [-0.39, 0.29) is 0 Å². The Hall–Kier alpha value is -0.170. The molecular weight excluding hydrogens is 286 g/mol. The van der Waals surface area contributed by atoms with E-state index >= 15 is 0 Å². The van der Waals surface area contributed by atoms with Crippen LogP contribution in [-0.2, 0) is 10.2 Å². The number of piperidine rings is 1. The molecule has 5 nitrogen and oxygen atoms in total. The summed E-state index contributed by atoms with van der Waals surface area (Å²) < 4.78 is 28.8. The van der Waals surface area contributed by atoms with Gasteiger partial charge in [-0.15, -0.1) is 0 Å². The highest BCUT2D eigenvalue weighted by atomic mass is 32.2. The molecule has 0 atom stereocenters. The van der Waals surface area contributed by atoms with E-state index in [0.717, 1.165) is 45.1 Å². The fourth-order valence-corrected chi connectivity index (χ4v) is 4.90. The first-order chi connectivity index (χ1) is 10.00. The third kappa shape index (κ3) is 4.91. The lowest BCUT2D eigenvalue weighted by atomic mass is 9.98. The number of nitrogens with one attached hydrogen (secondary N) is 1. The summed E-state index contributed by atoms with van der Waals surface area (Å²) in [4.78, 5) is 0. The minimum Gasteiger partial charge on any atom is -0.314 e. The van der Waals surface area contributed by atoms with Crippen molar-refractivity contribution in [3.8, 4) is 0 Å². The quantitative estimate of drug-likeness (QED) is 0.841. The molecule has 0 unspecified atom stereocenters. The van der Waals surface area contributed by atoms with E-state index in [9.17, 15) is 8.42 Å². The van der Waals surface area contributed by atoms with E-state index in [1.54, 1.807) is 8.61 Å². The van der Waals surface area contributed by atoms with Gasteiger partial charge in [-0.1, -0.05) is 26.7 Å². The number of nitrogens with zero attached hydrogens (tertiary/aromatic N) is 2. The Labute approximate surface area is 130 Å². The zero-order valence-electron chi connectivity index (χ0n) is 13.6. The van der Waals surface area contributed by atoms with Crippen LogP contribution in [0.5, 0.6) is 0 Å². The highest BCUT2D eigenvalue weighted by Gasteiger charge is 2.32. The molecule has 0 amide bonds. The van der Waals surface area contributed by atoms with Gasteiger partial charge in [0.1, 0.15) is 0 Å². The van der Waals surface area contributed by atoms with Gasteiger partial charge in [0.2, 0.25) is 0 Å². The SMILES string of the molecule is CC(C)NCC1CCN(S(=O)(=O)N2CCCCCC2)CC1. The van der Waals surface area contributed by atoms with Crippen molar-refractivity contribution in [2.24, 2.45) is 5.92 Å². The molecule has 2 aliphatic heterocycles. The lowest BCUT2D eigenvalue weighted by Crippen LogP contribution is -2.48.